The molecule has 30 heavy (non-hydrogen) atoms. The van der Waals surface area contributed by atoms with E-state index in [9.17, 15) is 4.79 Å². The van der Waals surface area contributed by atoms with Gasteiger partial charge >= 0.3 is 0 Å². The number of carbonyl (C=O) groups excluding carboxylic acids is 1. The van der Waals surface area contributed by atoms with Crippen molar-refractivity contribution >= 4 is 17.7 Å². The van der Waals surface area contributed by atoms with E-state index in [1.54, 1.807) is 6.92 Å². The molecule has 0 heterocycles. The van der Waals surface area contributed by atoms with Gasteiger partial charge in [0.15, 0.2) is 0 Å². The van der Waals surface area contributed by atoms with Crippen molar-refractivity contribution in [2.45, 2.75) is 110 Å². The molecule has 4 saturated carbocycles. The monoisotopic (exact) mass is 434 g/mol. The SMILES string of the molecule is CC(=O)NNCSC(C)(C)CC1CCC2C3CCC4CCCCC4(C)C3CCC12C. The van der Waals surface area contributed by atoms with Gasteiger partial charge in [-0.05, 0) is 98.2 Å². The van der Waals surface area contributed by atoms with E-state index in [1.807, 2.05) is 11.8 Å². The van der Waals surface area contributed by atoms with Gasteiger partial charge in [-0.3, -0.25) is 10.2 Å². The Bertz CT molecular complexity index is 637. The number of fused-ring (bicyclic) bond motifs is 5. The molecule has 172 valence electrons. The Labute approximate surface area is 189 Å². The van der Waals surface area contributed by atoms with Crippen LogP contribution >= 0.6 is 11.8 Å². The van der Waals surface area contributed by atoms with Crippen molar-refractivity contribution in [3.05, 3.63) is 0 Å². The Balaban J connectivity index is 1.40. The Morgan fingerprint density at radius 2 is 1.73 bits per heavy atom. The van der Waals surface area contributed by atoms with E-state index < -0.39 is 0 Å². The molecule has 3 nitrogen and oxygen atoms in total. The second kappa shape index (κ2) is 8.61. The van der Waals surface area contributed by atoms with Crippen LogP contribution in [0.15, 0.2) is 0 Å². The molecular weight excluding hydrogens is 388 g/mol. The Kier molecular flexibility index (Phi) is 6.59. The van der Waals surface area contributed by atoms with Gasteiger partial charge in [-0.25, -0.2) is 5.43 Å². The average Bonchev–Trinajstić information content (AvgIpc) is 3.00. The molecule has 2 N–H and O–H groups in total. The maximum absolute atomic E-state index is 11.1. The molecule has 0 aliphatic heterocycles. The van der Waals surface area contributed by atoms with Gasteiger partial charge in [0.2, 0.25) is 5.91 Å². The van der Waals surface area contributed by atoms with Gasteiger partial charge in [0.25, 0.3) is 0 Å². The highest BCUT2D eigenvalue weighted by Gasteiger charge is 2.59. The highest BCUT2D eigenvalue weighted by Crippen LogP contribution is 2.68. The van der Waals surface area contributed by atoms with Crippen LogP contribution in [-0.2, 0) is 4.79 Å². The van der Waals surface area contributed by atoms with Gasteiger partial charge in [-0.2, -0.15) is 0 Å². The Hall–Kier alpha value is -0.220. The molecule has 1 amide bonds. The first-order valence-electron chi connectivity index (χ1n) is 12.8. The largest absolute Gasteiger partial charge is 0.291 e. The van der Waals surface area contributed by atoms with Crippen molar-refractivity contribution in [1.82, 2.24) is 10.9 Å². The number of amides is 1. The van der Waals surface area contributed by atoms with Gasteiger partial charge in [-0.1, -0.05) is 40.5 Å². The first-order chi connectivity index (χ1) is 14.2. The third kappa shape index (κ3) is 4.21. The zero-order valence-electron chi connectivity index (χ0n) is 20.2. The molecular formula is C26H46N2OS. The summed E-state index contributed by atoms with van der Waals surface area (Å²) in [6.07, 6.45) is 16.2. The molecule has 4 aliphatic carbocycles. The molecule has 0 aromatic rings. The molecule has 0 radical (unpaired) electrons. The third-order valence-corrected chi connectivity index (χ3v) is 11.6. The normalized spacial score (nSPS) is 43.4. The fourth-order valence-corrected chi connectivity index (χ4v) is 9.64. The lowest BCUT2D eigenvalue weighted by Gasteiger charge is -2.60. The average molecular weight is 435 g/mol. The van der Waals surface area contributed by atoms with Crippen LogP contribution in [0.2, 0.25) is 0 Å². The zero-order valence-corrected chi connectivity index (χ0v) is 21.0. The minimum atomic E-state index is -0.0160. The molecule has 4 fully saturated rings. The predicted octanol–water partition coefficient (Wildman–Crippen LogP) is 6.54. The summed E-state index contributed by atoms with van der Waals surface area (Å²) in [7, 11) is 0. The summed E-state index contributed by atoms with van der Waals surface area (Å²) in [6, 6.07) is 0. The van der Waals surface area contributed by atoms with Gasteiger partial charge in [-0.15, -0.1) is 11.8 Å². The summed E-state index contributed by atoms with van der Waals surface area (Å²) in [5.41, 5.74) is 6.99. The maximum Gasteiger partial charge on any atom is 0.230 e. The van der Waals surface area contributed by atoms with Crippen molar-refractivity contribution < 1.29 is 4.79 Å². The number of carbonyl (C=O) groups is 1. The maximum atomic E-state index is 11.1. The van der Waals surface area contributed by atoms with Gasteiger partial charge in [0.1, 0.15) is 0 Å². The fraction of sp³-hybridized carbons (Fsp3) is 0.962. The van der Waals surface area contributed by atoms with E-state index >= 15 is 0 Å². The summed E-state index contributed by atoms with van der Waals surface area (Å²) in [5, 5.41) is 0. The van der Waals surface area contributed by atoms with Crippen molar-refractivity contribution in [3.8, 4) is 0 Å². The highest BCUT2D eigenvalue weighted by molar-refractivity contribution is 8.00. The van der Waals surface area contributed by atoms with Crippen molar-refractivity contribution in [3.63, 3.8) is 0 Å². The summed E-state index contributed by atoms with van der Waals surface area (Å²) in [4.78, 5) is 11.1. The number of thioether (sulfide) groups is 1. The summed E-state index contributed by atoms with van der Waals surface area (Å²) in [5.74, 6) is 5.65. The molecule has 0 aromatic heterocycles. The molecule has 4 rings (SSSR count). The van der Waals surface area contributed by atoms with E-state index in [4.69, 9.17) is 0 Å². The van der Waals surface area contributed by atoms with E-state index in [1.165, 1.54) is 70.6 Å². The van der Waals surface area contributed by atoms with Crippen molar-refractivity contribution in [2.75, 3.05) is 5.88 Å². The molecule has 0 bridgehead atoms. The van der Waals surface area contributed by atoms with Gasteiger partial charge in [0, 0.05) is 11.7 Å². The zero-order chi connectivity index (χ0) is 21.6. The van der Waals surface area contributed by atoms with Gasteiger partial charge < -0.3 is 0 Å². The number of hydrogen-bond donors (Lipinski definition) is 2. The number of rotatable bonds is 6. The summed E-state index contributed by atoms with van der Waals surface area (Å²) < 4.78 is 0.248. The van der Waals surface area contributed by atoms with E-state index in [0.29, 0.717) is 10.8 Å². The smallest absolute Gasteiger partial charge is 0.230 e. The predicted molar refractivity (Wildman–Crippen MR) is 128 cm³/mol. The first kappa shape index (κ1) is 23.0. The second-order valence-electron chi connectivity index (χ2n) is 12.3. The minimum absolute atomic E-state index is 0.0160. The van der Waals surface area contributed by atoms with Crippen LogP contribution in [-0.4, -0.2) is 16.5 Å². The van der Waals surface area contributed by atoms with Crippen LogP contribution in [0.5, 0.6) is 0 Å². The van der Waals surface area contributed by atoms with Crippen LogP contribution in [0.4, 0.5) is 0 Å². The van der Waals surface area contributed by atoms with Crippen LogP contribution < -0.4 is 10.9 Å². The van der Waals surface area contributed by atoms with Crippen molar-refractivity contribution in [1.29, 1.82) is 0 Å². The molecule has 4 aliphatic rings. The summed E-state index contributed by atoms with van der Waals surface area (Å²) >= 11 is 1.96. The van der Waals surface area contributed by atoms with E-state index in [-0.39, 0.29) is 10.7 Å². The molecule has 0 saturated heterocycles. The topological polar surface area (TPSA) is 41.1 Å². The number of hydrogen-bond acceptors (Lipinski definition) is 3. The Morgan fingerprint density at radius 1 is 0.967 bits per heavy atom. The van der Waals surface area contributed by atoms with Crippen LogP contribution in [0.3, 0.4) is 0 Å². The lowest BCUT2D eigenvalue weighted by molar-refractivity contribution is -0.119. The molecule has 4 heteroatoms. The van der Waals surface area contributed by atoms with Crippen LogP contribution in [0, 0.1) is 40.4 Å². The van der Waals surface area contributed by atoms with Crippen LogP contribution in [0.1, 0.15) is 105 Å². The van der Waals surface area contributed by atoms with Gasteiger partial charge in [0.05, 0.1) is 5.88 Å². The first-order valence-corrected chi connectivity index (χ1v) is 13.8. The quantitative estimate of drug-likeness (QED) is 0.283. The van der Waals surface area contributed by atoms with Crippen LogP contribution in [0.25, 0.3) is 0 Å². The van der Waals surface area contributed by atoms with E-state index in [2.05, 4.69) is 38.5 Å². The lowest BCUT2D eigenvalue weighted by Crippen LogP contribution is -2.52. The molecule has 7 unspecified atom stereocenters. The lowest BCUT2D eigenvalue weighted by atomic mass is 9.45. The number of nitrogens with one attached hydrogen (secondary N) is 2. The summed E-state index contributed by atoms with van der Waals surface area (Å²) in [6.45, 7) is 11.7. The Morgan fingerprint density at radius 3 is 2.50 bits per heavy atom. The highest BCUT2D eigenvalue weighted by atomic mass is 32.2. The second-order valence-corrected chi connectivity index (χ2v) is 14.0. The fourth-order valence-electron chi connectivity index (χ4n) is 8.78. The molecule has 0 spiro atoms. The minimum Gasteiger partial charge on any atom is -0.291 e. The van der Waals surface area contributed by atoms with Crippen molar-refractivity contribution in [2.24, 2.45) is 40.4 Å². The number of hydrazine groups is 1. The third-order valence-electron chi connectivity index (χ3n) is 10.3. The standard InChI is InChI=1S/C26H46N2OS/c1-18(29)28-27-17-30-24(2,3)16-20-10-12-22-21-11-9-19-8-6-7-14-25(19,4)23(21)13-15-26(20,22)5/h19-23,27H,6-17H2,1-5H3,(H,28,29). The molecule has 0 aromatic carbocycles. The van der Waals surface area contributed by atoms with E-state index in [0.717, 1.165) is 35.5 Å². The molecule has 7 atom stereocenters.